The number of rotatable bonds is 3. The van der Waals surface area contributed by atoms with E-state index in [1.807, 2.05) is 0 Å². The number of phenolic OH excluding ortho intramolecular Hbond substituents is 1. The van der Waals surface area contributed by atoms with E-state index in [-0.39, 0.29) is 23.5 Å². The van der Waals surface area contributed by atoms with Crippen molar-refractivity contribution in [2.24, 2.45) is 0 Å². The zero-order chi connectivity index (χ0) is 11.4. The van der Waals surface area contributed by atoms with E-state index in [0.29, 0.717) is 0 Å². The molecular weight excluding hydrogens is 196 g/mol. The average Bonchev–Trinajstić information content (AvgIpc) is 2.18. The summed E-state index contributed by atoms with van der Waals surface area (Å²) in [5, 5.41) is 20.6. The van der Waals surface area contributed by atoms with E-state index in [0.717, 1.165) is 0 Å². The van der Waals surface area contributed by atoms with Crippen LogP contribution in [0.25, 0.3) is 0 Å². The molecule has 1 atom stereocenters. The molecule has 0 aromatic heterocycles. The standard InChI is InChI=1S/C10H14N2O3/c1-6(13)5-12-10(15)8-4-7(14)2-3-9(8)11/h2-4,6,13-14H,5,11H2,1H3,(H,12,15)/t6-/m1/s1. The fourth-order valence-corrected chi connectivity index (χ4v) is 1.08. The van der Waals surface area contributed by atoms with Gasteiger partial charge in [-0.15, -0.1) is 0 Å². The maximum Gasteiger partial charge on any atom is 0.253 e. The van der Waals surface area contributed by atoms with Gasteiger partial charge in [0.05, 0.1) is 11.7 Å². The molecule has 0 saturated carbocycles. The van der Waals surface area contributed by atoms with Crippen molar-refractivity contribution in [1.82, 2.24) is 5.32 Å². The van der Waals surface area contributed by atoms with Crippen LogP contribution in [-0.4, -0.2) is 28.8 Å². The second-order valence-corrected chi connectivity index (χ2v) is 3.33. The lowest BCUT2D eigenvalue weighted by Gasteiger charge is -2.09. The molecule has 0 aliphatic heterocycles. The predicted molar refractivity (Wildman–Crippen MR) is 56.5 cm³/mol. The number of hydrogen-bond donors (Lipinski definition) is 4. The highest BCUT2D eigenvalue weighted by molar-refractivity contribution is 5.99. The summed E-state index contributed by atoms with van der Waals surface area (Å²) in [5.74, 6) is -0.435. The molecule has 0 aliphatic carbocycles. The van der Waals surface area contributed by atoms with E-state index in [1.165, 1.54) is 18.2 Å². The van der Waals surface area contributed by atoms with Crippen LogP contribution >= 0.6 is 0 Å². The topological polar surface area (TPSA) is 95.6 Å². The first-order chi connectivity index (χ1) is 7.00. The number of phenols is 1. The van der Waals surface area contributed by atoms with Crippen LogP contribution in [0.2, 0.25) is 0 Å². The maximum atomic E-state index is 11.5. The summed E-state index contributed by atoms with van der Waals surface area (Å²) >= 11 is 0. The van der Waals surface area contributed by atoms with Crippen molar-refractivity contribution in [1.29, 1.82) is 0 Å². The summed E-state index contributed by atoms with van der Waals surface area (Å²) in [4.78, 5) is 11.5. The number of nitrogen functional groups attached to an aromatic ring is 1. The Morgan fingerprint density at radius 1 is 1.60 bits per heavy atom. The smallest absolute Gasteiger partial charge is 0.253 e. The number of benzene rings is 1. The van der Waals surface area contributed by atoms with Crippen molar-refractivity contribution in [3.05, 3.63) is 23.8 Å². The minimum absolute atomic E-state index is 0.0219. The number of carbonyl (C=O) groups excluding carboxylic acids is 1. The average molecular weight is 210 g/mol. The summed E-state index contributed by atoms with van der Waals surface area (Å²) in [6.07, 6.45) is -0.618. The van der Waals surface area contributed by atoms with Crippen molar-refractivity contribution < 1.29 is 15.0 Å². The Morgan fingerprint density at radius 3 is 2.87 bits per heavy atom. The second kappa shape index (κ2) is 4.65. The van der Waals surface area contributed by atoms with E-state index in [4.69, 9.17) is 10.8 Å². The molecule has 0 aliphatic rings. The highest BCUT2D eigenvalue weighted by Crippen LogP contribution is 2.17. The first-order valence-electron chi connectivity index (χ1n) is 4.55. The van der Waals surface area contributed by atoms with Crippen molar-refractivity contribution in [3.8, 4) is 5.75 Å². The van der Waals surface area contributed by atoms with Gasteiger partial charge in [0, 0.05) is 12.2 Å². The van der Waals surface area contributed by atoms with Gasteiger partial charge in [-0.3, -0.25) is 4.79 Å². The summed E-state index contributed by atoms with van der Waals surface area (Å²) < 4.78 is 0. The Bertz CT molecular complexity index is 364. The van der Waals surface area contributed by atoms with E-state index >= 15 is 0 Å². The fourth-order valence-electron chi connectivity index (χ4n) is 1.08. The van der Waals surface area contributed by atoms with Crippen molar-refractivity contribution >= 4 is 11.6 Å². The van der Waals surface area contributed by atoms with Gasteiger partial charge in [-0.1, -0.05) is 0 Å². The zero-order valence-corrected chi connectivity index (χ0v) is 8.40. The van der Waals surface area contributed by atoms with Gasteiger partial charge in [-0.25, -0.2) is 0 Å². The Labute approximate surface area is 87.5 Å². The van der Waals surface area contributed by atoms with Gasteiger partial charge in [-0.2, -0.15) is 0 Å². The molecule has 5 N–H and O–H groups in total. The molecule has 0 heterocycles. The third-order valence-corrected chi connectivity index (χ3v) is 1.84. The molecule has 15 heavy (non-hydrogen) atoms. The van der Waals surface area contributed by atoms with Gasteiger partial charge in [0.25, 0.3) is 5.91 Å². The van der Waals surface area contributed by atoms with E-state index < -0.39 is 12.0 Å². The molecular formula is C10H14N2O3. The Kier molecular flexibility index (Phi) is 3.51. The lowest BCUT2D eigenvalue weighted by atomic mass is 10.1. The Morgan fingerprint density at radius 2 is 2.27 bits per heavy atom. The van der Waals surface area contributed by atoms with Gasteiger partial charge < -0.3 is 21.3 Å². The van der Waals surface area contributed by atoms with Crippen LogP contribution in [0.3, 0.4) is 0 Å². The van der Waals surface area contributed by atoms with Gasteiger partial charge >= 0.3 is 0 Å². The molecule has 0 saturated heterocycles. The molecule has 82 valence electrons. The molecule has 1 aromatic rings. The van der Waals surface area contributed by atoms with E-state index in [1.54, 1.807) is 6.92 Å². The van der Waals surface area contributed by atoms with E-state index in [9.17, 15) is 9.90 Å². The number of aliphatic hydroxyl groups is 1. The summed E-state index contributed by atoms with van der Waals surface area (Å²) in [6, 6.07) is 4.14. The maximum absolute atomic E-state index is 11.5. The van der Waals surface area contributed by atoms with Crippen LogP contribution in [0.15, 0.2) is 18.2 Å². The number of nitrogens with one attached hydrogen (secondary N) is 1. The molecule has 0 bridgehead atoms. The molecule has 1 rings (SSSR count). The number of aliphatic hydroxyl groups excluding tert-OH is 1. The Hall–Kier alpha value is -1.75. The molecule has 0 radical (unpaired) electrons. The van der Waals surface area contributed by atoms with Crippen LogP contribution in [0.4, 0.5) is 5.69 Å². The molecule has 0 unspecified atom stereocenters. The van der Waals surface area contributed by atoms with Crippen LogP contribution in [0.1, 0.15) is 17.3 Å². The molecule has 5 nitrogen and oxygen atoms in total. The van der Waals surface area contributed by atoms with Crippen LogP contribution in [-0.2, 0) is 0 Å². The molecule has 1 amide bonds. The summed E-state index contributed by atoms with van der Waals surface area (Å²) in [6.45, 7) is 1.71. The largest absolute Gasteiger partial charge is 0.508 e. The highest BCUT2D eigenvalue weighted by atomic mass is 16.3. The van der Waals surface area contributed by atoms with Crippen LogP contribution < -0.4 is 11.1 Å². The van der Waals surface area contributed by atoms with Gasteiger partial charge in [0.15, 0.2) is 0 Å². The molecule has 0 spiro atoms. The summed E-state index contributed by atoms with van der Waals surface area (Å²) in [5.41, 5.74) is 6.05. The number of amides is 1. The van der Waals surface area contributed by atoms with Crippen molar-refractivity contribution in [3.63, 3.8) is 0 Å². The quantitative estimate of drug-likeness (QED) is 0.420. The highest BCUT2D eigenvalue weighted by Gasteiger charge is 2.10. The lowest BCUT2D eigenvalue weighted by molar-refractivity contribution is 0.0924. The minimum Gasteiger partial charge on any atom is -0.508 e. The van der Waals surface area contributed by atoms with Gasteiger partial charge in [0.1, 0.15) is 5.75 Å². The number of anilines is 1. The van der Waals surface area contributed by atoms with Crippen LogP contribution in [0.5, 0.6) is 5.75 Å². The zero-order valence-electron chi connectivity index (χ0n) is 8.40. The molecule has 5 heteroatoms. The van der Waals surface area contributed by atoms with Crippen molar-refractivity contribution in [2.75, 3.05) is 12.3 Å². The number of nitrogens with two attached hydrogens (primary N) is 1. The first-order valence-corrected chi connectivity index (χ1v) is 4.55. The molecule has 0 fully saturated rings. The van der Waals surface area contributed by atoms with Crippen LogP contribution in [0, 0.1) is 0 Å². The second-order valence-electron chi connectivity index (χ2n) is 3.33. The SMILES string of the molecule is C[C@@H](O)CNC(=O)c1cc(O)ccc1N. The van der Waals surface area contributed by atoms with E-state index in [2.05, 4.69) is 5.32 Å². The Balaban J connectivity index is 2.77. The number of hydrogen-bond acceptors (Lipinski definition) is 4. The van der Waals surface area contributed by atoms with Gasteiger partial charge in [0.2, 0.25) is 0 Å². The fraction of sp³-hybridized carbons (Fsp3) is 0.300. The third-order valence-electron chi connectivity index (χ3n) is 1.84. The summed E-state index contributed by atoms with van der Waals surface area (Å²) in [7, 11) is 0. The predicted octanol–water partition coefficient (Wildman–Crippen LogP) is 0.0850. The monoisotopic (exact) mass is 210 g/mol. The molecule has 1 aromatic carbocycles. The number of aromatic hydroxyl groups is 1. The lowest BCUT2D eigenvalue weighted by Crippen LogP contribution is -2.30. The third kappa shape index (κ3) is 3.14. The van der Waals surface area contributed by atoms with Crippen molar-refractivity contribution in [2.45, 2.75) is 13.0 Å². The van der Waals surface area contributed by atoms with Gasteiger partial charge in [-0.05, 0) is 25.1 Å². The minimum atomic E-state index is -0.618. The normalized spacial score (nSPS) is 12.1. The first kappa shape index (κ1) is 11.3. The number of carbonyl (C=O) groups is 1.